The van der Waals surface area contributed by atoms with Crippen molar-refractivity contribution < 1.29 is 18.3 Å². The van der Waals surface area contributed by atoms with Crippen LogP contribution in [0, 0.1) is 11.3 Å². The number of aliphatic hydroxyl groups excluding tert-OH is 1. The maximum absolute atomic E-state index is 11.4. The lowest BCUT2D eigenvalue weighted by molar-refractivity contribution is 0.281. The van der Waals surface area contributed by atoms with Crippen molar-refractivity contribution >= 4 is 9.84 Å². The molecule has 0 aliphatic heterocycles. The Morgan fingerprint density at radius 3 is 2.38 bits per heavy atom. The van der Waals surface area contributed by atoms with Gasteiger partial charge in [0.25, 0.3) is 0 Å². The van der Waals surface area contributed by atoms with Crippen molar-refractivity contribution in [3.63, 3.8) is 0 Å². The largest absolute Gasteiger partial charge is 0.456 e. The van der Waals surface area contributed by atoms with Crippen LogP contribution in [0.3, 0.4) is 0 Å². The van der Waals surface area contributed by atoms with E-state index >= 15 is 0 Å². The van der Waals surface area contributed by atoms with Gasteiger partial charge in [-0.05, 0) is 42.0 Å². The van der Waals surface area contributed by atoms with Crippen LogP contribution in [0.4, 0.5) is 0 Å². The summed E-state index contributed by atoms with van der Waals surface area (Å²) >= 11 is 0. The van der Waals surface area contributed by atoms with E-state index in [1.54, 1.807) is 18.2 Å². The van der Waals surface area contributed by atoms with Crippen molar-refractivity contribution in [2.24, 2.45) is 0 Å². The van der Waals surface area contributed by atoms with E-state index in [0.29, 0.717) is 22.6 Å². The van der Waals surface area contributed by atoms with Gasteiger partial charge in [-0.1, -0.05) is 6.07 Å². The molecule has 6 heteroatoms. The highest BCUT2D eigenvalue weighted by Crippen LogP contribution is 2.26. The van der Waals surface area contributed by atoms with Gasteiger partial charge in [-0.15, -0.1) is 0 Å². The van der Waals surface area contributed by atoms with Gasteiger partial charge in [0.05, 0.1) is 17.1 Å². The second kappa shape index (κ2) is 5.95. The van der Waals surface area contributed by atoms with E-state index in [1.165, 1.54) is 24.3 Å². The smallest absolute Gasteiger partial charge is 0.175 e. The van der Waals surface area contributed by atoms with E-state index in [0.717, 1.165) is 6.26 Å². The lowest BCUT2D eigenvalue weighted by Gasteiger charge is -2.09. The van der Waals surface area contributed by atoms with Crippen LogP contribution in [0.15, 0.2) is 47.4 Å². The lowest BCUT2D eigenvalue weighted by atomic mass is 10.1. The summed E-state index contributed by atoms with van der Waals surface area (Å²) in [5.41, 5.74) is 0.917. The zero-order valence-electron chi connectivity index (χ0n) is 11.3. The number of benzene rings is 2. The second-order valence-corrected chi connectivity index (χ2v) is 6.46. The van der Waals surface area contributed by atoms with Crippen molar-refractivity contribution in [3.05, 3.63) is 53.6 Å². The van der Waals surface area contributed by atoms with Gasteiger partial charge >= 0.3 is 0 Å². The van der Waals surface area contributed by atoms with Crippen LogP contribution < -0.4 is 4.74 Å². The first kappa shape index (κ1) is 15.0. The molecule has 0 aliphatic rings. The van der Waals surface area contributed by atoms with E-state index in [4.69, 9.17) is 15.1 Å². The monoisotopic (exact) mass is 303 g/mol. The fourth-order valence-corrected chi connectivity index (χ4v) is 2.36. The van der Waals surface area contributed by atoms with E-state index in [2.05, 4.69) is 0 Å². The van der Waals surface area contributed by atoms with Gasteiger partial charge in [-0.3, -0.25) is 0 Å². The van der Waals surface area contributed by atoms with Gasteiger partial charge in [0, 0.05) is 6.26 Å². The highest BCUT2D eigenvalue weighted by atomic mass is 32.2. The Kier molecular flexibility index (Phi) is 4.26. The van der Waals surface area contributed by atoms with Crippen molar-refractivity contribution in [1.82, 2.24) is 0 Å². The highest BCUT2D eigenvalue weighted by Gasteiger charge is 2.09. The predicted molar refractivity (Wildman–Crippen MR) is 76.7 cm³/mol. The van der Waals surface area contributed by atoms with Gasteiger partial charge < -0.3 is 9.84 Å². The molecular formula is C15H13NO4S. The van der Waals surface area contributed by atoms with Crippen LogP contribution in [0.25, 0.3) is 0 Å². The molecule has 0 bridgehead atoms. The second-order valence-electron chi connectivity index (χ2n) is 4.45. The summed E-state index contributed by atoms with van der Waals surface area (Å²) in [4.78, 5) is 0.200. The normalized spacial score (nSPS) is 10.9. The summed E-state index contributed by atoms with van der Waals surface area (Å²) < 4.78 is 28.3. The lowest BCUT2D eigenvalue weighted by Crippen LogP contribution is -1.96. The summed E-state index contributed by atoms with van der Waals surface area (Å²) in [6, 6.07) is 12.7. The molecule has 0 saturated heterocycles. The van der Waals surface area contributed by atoms with Crippen LogP contribution >= 0.6 is 0 Å². The molecule has 0 saturated carbocycles. The summed E-state index contributed by atoms with van der Waals surface area (Å²) in [5, 5.41) is 18.1. The molecule has 0 unspecified atom stereocenters. The van der Waals surface area contributed by atoms with Gasteiger partial charge in [0.15, 0.2) is 9.84 Å². The Morgan fingerprint density at radius 1 is 1.19 bits per heavy atom. The molecule has 0 atom stereocenters. The average molecular weight is 303 g/mol. The summed E-state index contributed by atoms with van der Waals surface area (Å²) in [5.74, 6) is 0.775. The van der Waals surface area contributed by atoms with Crippen LogP contribution in [-0.4, -0.2) is 19.8 Å². The number of rotatable bonds is 4. The molecule has 0 spiro atoms. The van der Waals surface area contributed by atoms with E-state index in [1.807, 2.05) is 6.07 Å². The van der Waals surface area contributed by atoms with Crippen molar-refractivity contribution in [2.45, 2.75) is 11.5 Å². The number of ether oxygens (including phenoxy) is 1. The zero-order chi connectivity index (χ0) is 15.5. The molecule has 2 rings (SSSR count). The number of nitriles is 1. The fraction of sp³-hybridized carbons (Fsp3) is 0.133. The quantitative estimate of drug-likeness (QED) is 0.936. The molecule has 0 aliphatic carbocycles. The average Bonchev–Trinajstić information content (AvgIpc) is 2.47. The first-order chi connectivity index (χ1) is 9.94. The number of hydrogen-bond donors (Lipinski definition) is 1. The molecule has 1 N–H and O–H groups in total. The minimum absolute atomic E-state index is 0.155. The molecule has 0 aromatic heterocycles. The van der Waals surface area contributed by atoms with Crippen molar-refractivity contribution in [3.8, 4) is 17.6 Å². The number of hydrogen-bond acceptors (Lipinski definition) is 5. The third-order valence-electron chi connectivity index (χ3n) is 2.83. The molecule has 21 heavy (non-hydrogen) atoms. The number of aliphatic hydroxyl groups is 1. The van der Waals surface area contributed by atoms with E-state index < -0.39 is 9.84 Å². The Balaban J connectivity index is 2.29. The first-order valence-corrected chi connectivity index (χ1v) is 7.95. The van der Waals surface area contributed by atoms with Crippen LogP contribution in [-0.2, 0) is 16.4 Å². The van der Waals surface area contributed by atoms with Gasteiger partial charge in [-0.2, -0.15) is 5.26 Å². The van der Waals surface area contributed by atoms with E-state index in [-0.39, 0.29) is 11.5 Å². The SMILES string of the molecule is CS(=O)(=O)c1ccc(Oc2ccc(CO)cc2C#N)cc1. The topological polar surface area (TPSA) is 87.4 Å². The Bertz CT molecular complexity index is 789. The molecule has 0 heterocycles. The van der Waals surface area contributed by atoms with Crippen LogP contribution in [0.1, 0.15) is 11.1 Å². The standard InChI is InChI=1S/C15H13NO4S/c1-21(18,19)14-5-3-13(4-6-14)20-15-7-2-11(10-17)8-12(15)9-16/h2-8,17H,10H2,1H3. The maximum atomic E-state index is 11.4. The number of sulfone groups is 1. The van der Waals surface area contributed by atoms with Crippen LogP contribution in [0.5, 0.6) is 11.5 Å². The van der Waals surface area contributed by atoms with Gasteiger partial charge in [0.1, 0.15) is 17.6 Å². The molecule has 2 aromatic rings. The summed E-state index contributed by atoms with van der Waals surface area (Å²) in [7, 11) is -3.25. The highest BCUT2D eigenvalue weighted by molar-refractivity contribution is 7.90. The third-order valence-corrected chi connectivity index (χ3v) is 3.96. The fourth-order valence-electron chi connectivity index (χ4n) is 1.73. The molecule has 0 fully saturated rings. The molecular weight excluding hydrogens is 290 g/mol. The Labute approximate surface area is 123 Å². The number of nitrogens with zero attached hydrogens (tertiary/aromatic N) is 1. The maximum Gasteiger partial charge on any atom is 0.175 e. The van der Waals surface area contributed by atoms with Crippen molar-refractivity contribution in [2.75, 3.05) is 6.26 Å². The Morgan fingerprint density at radius 2 is 1.86 bits per heavy atom. The summed E-state index contributed by atoms with van der Waals surface area (Å²) in [6.45, 7) is -0.155. The predicted octanol–water partition coefficient (Wildman–Crippen LogP) is 2.25. The van der Waals surface area contributed by atoms with Crippen molar-refractivity contribution in [1.29, 1.82) is 5.26 Å². The van der Waals surface area contributed by atoms with E-state index in [9.17, 15) is 8.42 Å². The molecule has 108 valence electrons. The minimum Gasteiger partial charge on any atom is -0.456 e. The first-order valence-electron chi connectivity index (χ1n) is 6.06. The zero-order valence-corrected chi connectivity index (χ0v) is 12.1. The molecule has 5 nitrogen and oxygen atoms in total. The Hall–Kier alpha value is -2.36. The third kappa shape index (κ3) is 3.60. The van der Waals surface area contributed by atoms with Gasteiger partial charge in [0.2, 0.25) is 0 Å². The van der Waals surface area contributed by atoms with Crippen LogP contribution in [0.2, 0.25) is 0 Å². The summed E-state index contributed by atoms with van der Waals surface area (Å²) in [6.07, 6.45) is 1.13. The molecule has 0 amide bonds. The minimum atomic E-state index is -3.25. The molecule has 0 radical (unpaired) electrons. The molecule has 2 aromatic carbocycles. The van der Waals surface area contributed by atoms with Gasteiger partial charge in [-0.25, -0.2) is 8.42 Å².